The molecule has 0 saturated carbocycles. The van der Waals surface area contributed by atoms with Crippen LogP contribution in [0.2, 0.25) is 5.02 Å². The number of imidazole rings is 1. The third-order valence-electron chi connectivity index (χ3n) is 12.1. The lowest BCUT2D eigenvalue weighted by atomic mass is 10.0. The second kappa shape index (κ2) is 31.0. The number of nitrogens with two attached hydrogens (primary N) is 4. The van der Waals surface area contributed by atoms with Gasteiger partial charge in [-0.25, -0.2) is 4.98 Å². The number of nitrogens with one attached hydrogen (secondary N) is 9. The van der Waals surface area contributed by atoms with Crippen molar-refractivity contribution in [1.29, 1.82) is 0 Å². The number of unbranched alkanes of at least 4 members (excludes halogenated alkanes) is 2. The van der Waals surface area contributed by atoms with Crippen LogP contribution < -0.4 is 60.2 Å². The number of aromatic amines is 2. The van der Waals surface area contributed by atoms with Crippen molar-refractivity contribution in [2.75, 3.05) is 13.1 Å². The van der Waals surface area contributed by atoms with E-state index >= 15 is 0 Å². The number of para-hydroxylation sites is 1. The molecule has 2 aromatic heterocycles. The highest BCUT2D eigenvalue weighted by Crippen LogP contribution is 2.20. The first-order chi connectivity index (χ1) is 36.3. The highest BCUT2D eigenvalue weighted by molar-refractivity contribution is 6.30. The molecule has 26 heteroatoms. The van der Waals surface area contributed by atoms with E-state index in [0.29, 0.717) is 54.1 Å². The molecule has 2 aromatic carbocycles. The standard InChI is InChI=1S/C50H70ClN15O10/c1-3-4-11-36(60-28(2)67)44(71)66-41(24-42(68)69)49(76)65-40(23-32-26-56-27-59-32)48(75)63-38(21-29-15-17-31(51)18-16-29)46(73)62-37(14-9-20-57-50(54)55)45(72)64-39(22-30-25-58-34-12-6-5-10-33(30)34)47(74)61-35(43(53)70)13-7-8-19-52/h5-6,10,12,15-18,25-27,35-41,58H,3-4,7-9,11,13-14,19-24,52H2,1-2H3,(H2,53,70)(H,56,59)(H,60,67)(H,61,74)(H,62,73)(H,63,75)(H,64,72)(H,65,76)(H,66,71)(H,68,69)(H4,54,55,57)/t35-,36-,37-,38+,39-,40-,41-/m0/s1. The van der Waals surface area contributed by atoms with Crippen LogP contribution in [0.5, 0.6) is 0 Å². The van der Waals surface area contributed by atoms with Gasteiger partial charge in [-0.15, -0.1) is 0 Å². The quantitative estimate of drug-likeness (QED) is 0.0160. The van der Waals surface area contributed by atoms with Gasteiger partial charge in [0.05, 0.1) is 12.7 Å². The zero-order chi connectivity index (χ0) is 55.7. The van der Waals surface area contributed by atoms with Crippen molar-refractivity contribution in [3.8, 4) is 0 Å². The summed E-state index contributed by atoms with van der Waals surface area (Å²) in [4.78, 5) is 136. The maximum absolute atomic E-state index is 14.7. The van der Waals surface area contributed by atoms with E-state index in [1.54, 1.807) is 36.5 Å². The Morgan fingerprint density at radius 3 is 1.76 bits per heavy atom. The number of carbonyl (C=O) groups excluding carboxylic acids is 8. The Bertz CT molecular complexity index is 2620. The van der Waals surface area contributed by atoms with Crippen LogP contribution in [0.4, 0.5) is 0 Å². The number of guanidine groups is 1. The Kier molecular flexibility index (Phi) is 24.7. The first-order valence-electron chi connectivity index (χ1n) is 24.9. The summed E-state index contributed by atoms with van der Waals surface area (Å²) >= 11 is 6.19. The summed E-state index contributed by atoms with van der Waals surface area (Å²) in [5.74, 6) is -8.33. The third kappa shape index (κ3) is 20.3. The molecule has 4 aromatic rings. The number of aliphatic carboxylic acids is 1. The monoisotopic (exact) mass is 1080 g/mol. The van der Waals surface area contributed by atoms with E-state index in [1.807, 2.05) is 25.1 Å². The number of H-pyrrole nitrogens is 2. The van der Waals surface area contributed by atoms with Gasteiger partial charge in [0.25, 0.3) is 0 Å². The van der Waals surface area contributed by atoms with Gasteiger partial charge in [0.2, 0.25) is 47.3 Å². The zero-order valence-electron chi connectivity index (χ0n) is 42.5. The second-order valence-electron chi connectivity index (χ2n) is 18.2. The molecule has 0 fully saturated rings. The number of amides is 8. The first-order valence-corrected chi connectivity index (χ1v) is 25.3. The molecule has 0 aliphatic carbocycles. The number of aliphatic imine (C=N–C) groups is 1. The highest BCUT2D eigenvalue weighted by atomic mass is 35.5. The fraction of sp³-hybridized carbons (Fsp3) is 0.460. The molecule has 4 rings (SSSR count). The van der Waals surface area contributed by atoms with E-state index in [1.165, 1.54) is 19.4 Å². The zero-order valence-corrected chi connectivity index (χ0v) is 43.3. The summed E-state index contributed by atoms with van der Waals surface area (Å²) in [6.45, 7) is 3.45. The largest absolute Gasteiger partial charge is 0.481 e. The van der Waals surface area contributed by atoms with Crippen molar-refractivity contribution in [2.24, 2.45) is 27.9 Å². The number of carbonyl (C=O) groups is 9. The summed E-state index contributed by atoms with van der Waals surface area (Å²) in [6.07, 6.45) is 5.55. The molecule has 0 bridgehead atoms. The average Bonchev–Trinajstić information content (AvgIpc) is 4.05. The molecule has 0 saturated heterocycles. The normalized spacial score (nSPS) is 13.8. The van der Waals surface area contributed by atoms with Crippen LogP contribution in [0.3, 0.4) is 0 Å². The van der Waals surface area contributed by atoms with Crippen LogP contribution in [-0.4, -0.2) is 135 Å². The topological polar surface area (TPSA) is 419 Å². The predicted molar refractivity (Wildman–Crippen MR) is 282 cm³/mol. The van der Waals surface area contributed by atoms with Gasteiger partial charge >= 0.3 is 5.97 Å². The number of rotatable bonds is 33. The molecule has 0 radical (unpaired) electrons. The van der Waals surface area contributed by atoms with Crippen LogP contribution in [0, 0.1) is 0 Å². The van der Waals surface area contributed by atoms with Gasteiger partial charge in [-0.2, -0.15) is 0 Å². The van der Waals surface area contributed by atoms with Crippen molar-refractivity contribution in [2.45, 2.75) is 133 Å². The molecule has 0 aliphatic rings. The Labute approximate surface area is 444 Å². The lowest BCUT2D eigenvalue weighted by Crippen LogP contribution is -2.61. The summed E-state index contributed by atoms with van der Waals surface area (Å²) in [5, 5.41) is 29.2. The molecule has 7 atom stereocenters. The van der Waals surface area contributed by atoms with E-state index in [2.05, 4.69) is 57.2 Å². The van der Waals surface area contributed by atoms with Gasteiger partial charge in [0.15, 0.2) is 5.96 Å². The highest BCUT2D eigenvalue weighted by Gasteiger charge is 2.35. The van der Waals surface area contributed by atoms with Crippen LogP contribution in [-0.2, 0) is 62.4 Å². The van der Waals surface area contributed by atoms with Crippen LogP contribution in [0.25, 0.3) is 10.9 Å². The Hall–Kier alpha value is -8.06. The van der Waals surface area contributed by atoms with E-state index in [9.17, 15) is 48.3 Å². The van der Waals surface area contributed by atoms with Crippen molar-refractivity contribution in [3.63, 3.8) is 0 Å². The summed E-state index contributed by atoms with van der Waals surface area (Å²) in [7, 11) is 0. The number of hydrogen-bond donors (Lipinski definition) is 14. The number of fused-ring (bicyclic) bond motifs is 1. The second-order valence-corrected chi connectivity index (χ2v) is 18.6. The van der Waals surface area contributed by atoms with Crippen molar-refractivity contribution in [3.05, 3.63) is 89.1 Å². The molecular formula is C50H70ClN15O10. The minimum atomic E-state index is -1.73. The van der Waals surface area contributed by atoms with Crippen LogP contribution in [0.15, 0.2) is 72.2 Å². The SMILES string of the molecule is CCCC[C@H](NC(C)=O)C(=O)N[C@@H](CC(=O)O)C(=O)N[C@@H](Cc1cnc[nH]1)C(=O)N[C@H](Cc1ccc(Cl)cc1)C(=O)N[C@@H](CCCN=C(N)N)C(=O)N[C@@H](Cc1c[nH]c2ccccc12)C(=O)N[C@@H](CCCCN)C(N)=O. The van der Waals surface area contributed by atoms with E-state index in [-0.39, 0.29) is 57.5 Å². The van der Waals surface area contributed by atoms with E-state index < -0.39 is 102 Å². The number of halogens is 1. The Morgan fingerprint density at radius 1 is 0.645 bits per heavy atom. The van der Waals surface area contributed by atoms with Gasteiger partial charge in [-0.05, 0) is 74.4 Å². The molecule has 0 unspecified atom stereocenters. The van der Waals surface area contributed by atoms with Gasteiger partial charge in [0, 0.05) is 66.7 Å². The fourth-order valence-electron chi connectivity index (χ4n) is 8.11. The van der Waals surface area contributed by atoms with Crippen LogP contribution in [0.1, 0.15) is 88.5 Å². The maximum atomic E-state index is 14.7. The summed E-state index contributed by atoms with van der Waals surface area (Å²) in [5.41, 5.74) is 24.7. The molecule has 412 valence electrons. The maximum Gasteiger partial charge on any atom is 0.305 e. The van der Waals surface area contributed by atoms with Gasteiger partial charge in [-0.3, -0.25) is 48.1 Å². The molecule has 0 spiro atoms. The number of primary amides is 1. The number of nitrogens with zero attached hydrogens (tertiary/aromatic N) is 2. The number of aromatic nitrogens is 3. The molecule has 18 N–H and O–H groups in total. The van der Waals surface area contributed by atoms with Gasteiger partial charge in [-0.1, -0.05) is 61.7 Å². The predicted octanol–water partition coefficient (Wildman–Crippen LogP) is -0.681. The first kappa shape index (κ1) is 60.5. The van der Waals surface area contributed by atoms with Crippen molar-refractivity contribution >= 4 is 81.7 Å². The number of hydrogen-bond acceptors (Lipinski definition) is 12. The molecule has 0 aliphatic heterocycles. The Balaban J connectivity index is 1.69. The molecule has 76 heavy (non-hydrogen) atoms. The van der Waals surface area contributed by atoms with Crippen molar-refractivity contribution in [1.82, 2.24) is 52.2 Å². The number of benzene rings is 2. The van der Waals surface area contributed by atoms with Gasteiger partial charge in [0.1, 0.15) is 42.3 Å². The molecule has 25 nitrogen and oxygen atoms in total. The minimum Gasteiger partial charge on any atom is -0.481 e. The van der Waals surface area contributed by atoms with Crippen molar-refractivity contribution < 1.29 is 48.3 Å². The van der Waals surface area contributed by atoms with Crippen LogP contribution >= 0.6 is 11.6 Å². The van der Waals surface area contributed by atoms with Gasteiger partial charge < -0.3 is 75.2 Å². The van der Waals surface area contributed by atoms with E-state index in [4.69, 9.17) is 34.5 Å². The molecule has 2 heterocycles. The molecule has 8 amide bonds. The Morgan fingerprint density at radius 2 is 1.18 bits per heavy atom. The average molecular weight is 1080 g/mol. The smallest absolute Gasteiger partial charge is 0.305 e. The minimum absolute atomic E-state index is 0.0280. The van der Waals surface area contributed by atoms with E-state index in [0.717, 1.165) is 10.9 Å². The lowest BCUT2D eigenvalue weighted by molar-refractivity contribution is -0.141. The number of carboxylic acid groups (broad SMARTS) is 1. The number of carboxylic acids is 1. The summed E-state index contributed by atoms with van der Waals surface area (Å²) in [6, 6.07) is 3.90. The third-order valence-corrected chi connectivity index (χ3v) is 12.3. The lowest BCUT2D eigenvalue weighted by Gasteiger charge is -2.28. The molecular weight excluding hydrogens is 1010 g/mol. The summed E-state index contributed by atoms with van der Waals surface area (Å²) < 4.78 is 0. The fourth-order valence-corrected chi connectivity index (χ4v) is 8.24.